The number of nitrogens with two attached hydrogens (primary N) is 1. The zero-order valence-electron chi connectivity index (χ0n) is 11.9. The van der Waals surface area contributed by atoms with Crippen molar-refractivity contribution in [2.45, 2.75) is 31.3 Å². The lowest BCUT2D eigenvalue weighted by Gasteiger charge is -2.42. The third-order valence-corrected chi connectivity index (χ3v) is 4.93. The maximum absolute atomic E-state index is 12.8. The molecule has 1 unspecified atom stereocenters. The van der Waals surface area contributed by atoms with Gasteiger partial charge in [-0.15, -0.1) is 0 Å². The van der Waals surface area contributed by atoms with E-state index in [-0.39, 0.29) is 17.3 Å². The summed E-state index contributed by atoms with van der Waals surface area (Å²) in [5.41, 5.74) is 6.98. The van der Waals surface area contributed by atoms with E-state index in [0.29, 0.717) is 17.9 Å². The highest BCUT2D eigenvalue weighted by atomic mass is 79.9. The van der Waals surface area contributed by atoms with Gasteiger partial charge in [-0.1, -0.05) is 15.9 Å². The van der Waals surface area contributed by atoms with Crippen molar-refractivity contribution < 1.29 is 14.3 Å². The Labute approximate surface area is 133 Å². The monoisotopic (exact) mass is 353 g/mol. The summed E-state index contributed by atoms with van der Waals surface area (Å²) < 4.78 is 12.3. The van der Waals surface area contributed by atoms with E-state index in [1.165, 1.54) is 0 Å². The first-order valence-corrected chi connectivity index (χ1v) is 8.19. The Morgan fingerprint density at radius 3 is 2.71 bits per heavy atom. The van der Waals surface area contributed by atoms with Gasteiger partial charge in [0.2, 0.25) is 0 Å². The second kappa shape index (κ2) is 6.07. The zero-order chi connectivity index (χ0) is 14.9. The number of carbonyl (C=O) groups excluding carboxylic acids is 1. The van der Waals surface area contributed by atoms with Crippen molar-refractivity contribution in [2.75, 3.05) is 25.6 Å². The quantitative estimate of drug-likeness (QED) is 0.655. The van der Waals surface area contributed by atoms with Crippen LogP contribution in [0.2, 0.25) is 0 Å². The Morgan fingerprint density at radius 1 is 1.24 bits per heavy atom. The lowest BCUT2D eigenvalue weighted by atomic mass is 9.78. The zero-order valence-corrected chi connectivity index (χ0v) is 13.5. The minimum absolute atomic E-state index is 0.0190. The van der Waals surface area contributed by atoms with Gasteiger partial charge in [0.25, 0.3) is 0 Å². The van der Waals surface area contributed by atoms with E-state index >= 15 is 0 Å². The SMILES string of the molecule is Nc1cc(Br)cc(C(=O)C2CCOC3(CCOCC3)C2)c1. The van der Waals surface area contributed by atoms with Crippen LogP contribution in [0.4, 0.5) is 5.69 Å². The molecule has 0 aliphatic carbocycles. The number of halogens is 1. The summed E-state index contributed by atoms with van der Waals surface area (Å²) in [6.45, 7) is 2.11. The first-order chi connectivity index (χ1) is 10.1. The number of hydrogen-bond acceptors (Lipinski definition) is 4. The van der Waals surface area contributed by atoms with Crippen LogP contribution < -0.4 is 5.73 Å². The average Bonchev–Trinajstić information content (AvgIpc) is 2.46. The van der Waals surface area contributed by atoms with E-state index in [9.17, 15) is 4.79 Å². The molecule has 2 N–H and O–H groups in total. The molecule has 4 nitrogen and oxygen atoms in total. The topological polar surface area (TPSA) is 61.6 Å². The van der Waals surface area contributed by atoms with E-state index in [1.807, 2.05) is 6.07 Å². The number of anilines is 1. The molecule has 1 aromatic rings. The second-order valence-electron chi connectivity index (χ2n) is 5.97. The smallest absolute Gasteiger partial charge is 0.166 e. The molecule has 1 atom stereocenters. The third kappa shape index (κ3) is 3.30. The first-order valence-electron chi connectivity index (χ1n) is 7.40. The van der Waals surface area contributed by atoms with Gasteiger partial charge in [-0.25, -0.2) is 0 Å². The molecule has 5 heteroatoms. The molecule has 2 aliphatic heterocycles. The van der Waals surface area contributed by atoms with Gasteiger partial charge in [0.15, 0.2) is 5.78 Å². The lowest BCUT2D eigenvalue weighted by Crippen LogP contribution is -2.45. The molecule has 114 valence electrons. The van der Waals surface area contributed by atoms with Crippen molar-refractivity contribution in [2.24, 2.45) is 5.92 Å². The molecule has 2 heterocycles. The molecular formula is C16H20BrNO3. The summed E-state index contributed by atoms with van der Waals surface area (Å²) in [4.78, 5) is 12.8. The van der Waals surface area contributed by atoms with Crippen LogP contribution in [0.25, 0.3) is 0 Å². The van der Waals surface area contributed by atoms with Crippen molar-refractivity contribution in [3.63, 3.8) is 0 Å². The average molecular weight is 354 g/mol. The second-order valence-corrected chi connectivity index (χ2v) is 6.89. The molecule has 2 fully saturated rings. The predicted molar refractivity (Wildman–Crippen MR) is 84.3 cm³/mol. The predicted octanol–water partition coefficient (Wildman–Crippen LogP) is 3.19. The van der Waals surface area contributed by atoms with Crippen LogP contribution in [0.5, 0.6) is 0 Å². The van der Waals surface area contributed by atoms with Gasteiger partial charge in [-0.3, -0.25) is 4.79 Å². The van der Waals surface area contributed by atoms with E-state index in [1.54, 1.807) is 12.1 Å². The van der Waals surface area contributed by atoms with Crippen molar-refractivity contribution >= 4 is 27.4 Å². The summed E-state index contributed by atoms with van der Waals surface area (Å²) in [7, 11) is 0. The third-order valence-electron chi connectivity index (χ3n) is 4.47. The number of rotatable bonds is 2. The van der Waals surface area contributed by atoms with Gasteiger partial charge in [-0.2, -0.15) is 0 Å². The Hall–Kier alpha value is -0.910. The summed E-state index contributed by atoms with van der Waals surface area (Å²) in [6, 6.07) is 5.42. The highest BCUT2D eigenvalue weighted by Gasteiger charge is 2.41. The highest BCUT2D eigenvalue weighted by Crippen LogP contribution is 2.38. The maximum Gasteiger partial charge on any atom is 0.166 e. The number of hydrogen-bond donors (Lipinski definition) is 1. The number of carbonyl (C=O) groups is 1. The molecular weight excluding hydrogens is 334 g/mol. The molecule has 21 heavy (non-hydrogen) atoms. The fourth-order valence-corrected chi connectivity index (χ4v) is 3.84. The Bertz CT molecular complexity index is 515. The number of Topliss-reactive ketones (excluding diaryl/α,β-unsaturated/α-hetero) is 1. The summed E-state index contributed by atoms with van der Waals surface area (Å²) in [6.07, 6.45) is 3.35. The van der Waals surface area contributed by atoms with Crippen LogP contribution in [0.15, 0.2) is 22.7 Å². The van der Waals surface area contributed by atoms with Crippen LogP contribution in [0, 0.1) is 5.92 Å². The van der Waals surface area contributed by atoms with Gasteiger partial charge in [0.1, 0.15) is 0 Å². The Kier molecular flexibility index (Phi) is 4.33. The van der Waals surface area contributed by atoms with Crippen LogP contribution in [0.3, 0.4) is 0 Å². The summed E-state index contributed by atoms with van der Waals surface area (Å²) >= 11 is 3.40. The Balaban J connectivity index is 1.77. The van der Waals surface area contributed by atoms with Crippen molar-refractivity contribution in [1.29, 1.82) is 0 Å². The molecule has 3 rings (SSSR count). The molecule has 2 saturated heterocycles. The largest absolute Gasteiger partial charge is 0.399 e. The van der Waals surface area contributed by atoms with Crippen LogP contribution in [-0.4, -0.2) is 31.2 Å². The van der Waals surface area contributed by atoms with Crippen LogP contribution in [0.1, 0.15) is 36.0 Å². The minimum Gasteiger partial charge on any atom is -0.399 e. The van der Waals surface area contributed by atoms with Crippen LogP contribution >= 0.6 is 15.9 Å². The molecule has 1 aromatic carbocycles. The first kappa shape index (κ1) is 15.0. The fourth-order valence-electron chi connectivity index (χ4n) is 3.33. The standard InChI is InChI=1S/C16H20BrNO3/c17-13-7-12(8-14(18)9-13)15(19)11-1-4-21-16(10-11)2-5-20-6-3-16/h7-9,11H,1-6,10,18H2. The van der Waals surface area contributed by atoms with E-state index in [4.69, 9.17) is 15.2 Å². The molecule has 0 aromatic heterocycles. The normalized spacial score (nSPS) is 24.9. The molecule has 0 bridgehead atoms. The number of nitrogen functional groups attached to an aromatic ring is 1. The van der Waals surface area contributed by atoms with E-state index < -0.39 is 0 Å². The van der Waals surface area contributed by atoms with Crippen molar-refractivity contribution in [3.05, 3.63) is 28.2 Å². The van der Waals surface area contributed by atoms with Gasteiger partial charge in [0.05, 0.1) is 5.60 Å². The Morgan fingerprint density at radius 2 is 2.00 bits per heavy atom. The number of ether oxygens (including phenoxy) is 2. The van der Waals surface area contributed by atoms with Gasteiger partial charge >= 0.3 is 0 Å². The molecule has 2 aliphatic rings. The number of ketones is 1. The summed E-state index contributed by atoms with van der Waals surface area (Å²) in [5.74, 6) is 0.197. The van der Waals surface area contributed by atoms with E-state index in [0.717, 1.165) is 43.4 Å². The highest BCUT2D eigenvalue weighted by molar-refractivity contribution is 9.10. The fraction of sp³-hybridized carbons (Fsp3) is 0.562. The van der Waals surface area contributed by atoms with Gasteiger partial charge in [0, 0.05) is 41.5 Å². The molecule has 0 amide bonds. The minimum atomic E-state index is -0.158. The van der Waals surface area contributed by atoms with Crippen molar-refractivity contribution in [1.82, 2.24) is 0 Å². The van der Waals surface area contributed by atoms with Crippen molar-refractivity contribution in [3.8, 4) is 0 Å². The summed E-state index contributed by atoms with van der Waals surface area (Å²) in [5, 5.41) is 0. The van der Waals surface area contributed by atoms with E-state index in [2.05, 4.69) is 15.9 Å². The van der Waals surface area contributed by atoms with Crippen LogP contribution in [-0.2, 0) is 9.47 Å². The van der Waals surface area contributed by atoms with Gasteiger partial charge < -0.3 is 15.2 Å². The van der Waals surface area contributed by atoms with Gasteiger partial charge in [-0.05, 0) is 43.9 Å². The number of benzene rings is 1. The maximum atomic E-state index is 12.8. The lowest BCUT2D eigenvalue weighted by molar-refractivity contribution is -0.142. The molecule has 1 spiro atoms. The molecule has 0 radical (unpaired) electrons. The molecule has 0 saturated carbocycles.